The minimum atomic E-state index is -0.989. The number of ether oxygens (including phenoxy) is 1. The highest BCUT2D eigenvalue weighted by Gasteiger charge is 2.36. The maximum atomic E-state index is 12.3. The summed E-state index contributed by atoms with van der Waals surface area (Å²) in [7, 11) is 0. The second-order valence-corrected chi connectivity index (χ2v) is 5.67. The van der Waals surface area contributed by atoms with Crippen molar-refractivity contribution in [3.8, 4) is 5.75 Å². The summed E-state index contributed by atoms with van der Waals surface area (Å²) in [6.07, 6.45) is 1.57. The number of carboxylic acids is 1. The lowest BCUT2D eigenvalue weighted by Gasteiger charge is -2.37. The van der Waals surface area contributed by atoms with Crippen LogP contribution in [0, 0.1) is 5.92 Å². The summed E-state index contributed by atoms with van der Waals surface area (Å²) < 4.78 is 5.38. The Kier molecular flexibility index (Phi) is 5.20. The lowest BCUT2D eigenvalue weighted by atomic mass is 9.91. The number of primary amides is 1. The second kappa shape index (κ2) is 7.13. The molecule has 7 nitrogen and oxygen atoms in total. The van der Waals surface area contributed by atoms with Gasteiger partial charge in [0.15, 0.2) is 6.61 Å². The number of nitrogens with two attached hydrogens (primary N) is 1. The van der Waals surface area contributed by atoms with Crippen molar-refractivity contribution in [3.63, 3.8) is 0 Å². The van der Waals surface area contributed by atoms with E-state index in [4.69, 9.17) is 10.5 Å². The molecule has 0 aromatic heterocycles. The number of piperidine rings is 1. The summed E-state index contributed by atoms with van der Waals surface area (Å²) in [5.41, 5.74) is 5.49. The lowest BCUT2D eigenvalue weighted by molar-refractivity contribution is -0.155. The van der Waals surface area contributed by atoms with Crippen LogP contribution in [0.4, 0.5) is 0 Å². The van der Waals surface area contributed by atoms with E-state index in [-0.39, 0.29) is 18.4 Å². The largest absolute Gasteiger partial charge is 0.484 e. The Labute approximate surface area is 134 Å². The third-order valence-corrected chi connectivity index (χ3v) is 4.01. The van der Waals surface area contributed by atoms with Gasteiger partial charge in [-0.15, -0.1) is 0 Å². The summed E-state index contributed by atoms with van der Waals surface area (Å²) in [6, 6.07) is 5.29. The number of benzene rings is 1. The first-order valence-corrected chi connectivity index (χ1v) is 7.45. The van der Waals surface area contributed by atoms with Crippen LogP contribution in [-0.2, 0) is 9.59 Å². The predicted octanol–water partition coefficient (Wildman–Crippen LogP) is 0.876. The molecule has 0 aliphatic carbocycles. The van der Waals surface area contributed by atoms with Gasteiger partial charge in [0.1, 0.15) is 11.8 Å². The minimum Gasteiger partial charge on any atom is -0.484 e. The molecular weight excluding hydrogens is 300 g/mol. The number of hydrogen-bond acceptors (Lipinski definition) is 4. The molecule has 1 heterocycles. The molecule has 23 heavy (non-hydrogen) atoms. The van der Waals surface area contributed by atoms with Gasteiger partial charge >= 0.3 is 5.97 Å². The van der Waals surface area contributed by atoms with Crippen LogP contribution in [0.2, 0.25) is 0 Å². The Hall–Kier alpha value is -2.57. The van der Waals surface area contributed by atoms with E-state index in [1.807, 2.05) is 6.92 Å². The molecule has 7 heteroatoms. The Morgan fingerprint density at radius 2 is 1.96 bits per heavy atom. The fraction of sp³-hybridized carbons (Fsp3) is 0.438. The first-order chi connectivity index (χ1) is 10.9. The van der Waals surface area contributed by atoms with E-state index < -0.39 is 17.9 Å². The molecule has 1 aromatic carbocycles. The van der Waals surface area contributed by atoms with Gasteiger partial charge in [-0.05, 0) is 43.0 Å². The second-order valence-electron chi connectivity index (χ2n) is 5.67. The van der Waals surface area contributed by atoms with E-state index >= 15 is 0 Å². The highest BCUT2D eigenvalue weighted by molar-refractivity contribution is 5.92. The average Bonchev–Trinajstić information content (AvgIpc) is 2.52. The fourth-order valence-electron chi connectivity index (χ4n) is 2.79. The first-order valence-electron chi connectivity index (χ1n) is 7.45. The Morgan fingerprint density at radius 1 is 1.30 bits per heavy atom. The smallest absolute Gasteiger partial charge is 0.326 e. The van der Waals surface area contributed by atoms with Gasteiger partial charge in [-0.1, -0.05) is 6.92 Å². The number of hydrogen-bond donors (Lipinski definition) is 2. The van der Waals surface area contributed by atoms with E-state index in [0.29, 0.717) is 17.9 Å². The van der Waals surface area contributed by atoms with Crippen molar-refractivity contribution in [3.05, 3.63) is 29.8 Å². The third kappa shape index (κ3) is 4.00. The summed E-state index contributed by atoms with van der Waals surface area (Å²) in [5.74, 6) is -1.56. The first kappa shape index (κ1) is 16.8. The summed E-state index contributed by atoms with van der Waals surface area (Å²) in [5, 5.41) is 9.32. The molecule has 0 spiro atoms. The zero-order valence-corrected chi connectivity index (χ0v) is 12.9. The summed E-state index contributed by atoms with van der Waals surface area (Å²) >= 11 is 0. The molecule has 1 aliphatic rings. The zero-order valence-electron chi connectivity index (χ0n) is 12.9. The average molecular weight is 320 g/mol. The Morgan fingerprint density at radius 3 is 2.52 bits per heavy atom. The van der Waals surface area contributed by atoms with Crippen molar-refractivity contribution in [2.45, 2.75) is 25.8 Å². The molecule has 2 rings (SSSR count). The van der Waals surface area contributed by atoms with Crippen molar-refractivity contribution in [2.24, 2.45) is 11.7 Å². The normalized spacial score (nSPS) is 20.8. The highest BCUT2D eigenvalue weighted by Crippen LogP contribution is 2.24. The van der Waals surface area contributed by atoms with Crippen LogP contribution >= 0.6 is 0 Å². The number of nitrogens with zero attached hydrogens (tertiary/aromatic N) is 1. The third-order valence-electron chi connectivity index (χ3n) is 4.01. The number of carboxylic acid groups (broad SMARTS) is 1. The number of likely N-dealkylation sites (tertiary alicyclic amines) is 1. The molecule has 3 N–H and O–H groups in total. The van der Waals surface area contributed by atoms with E-state index in [0.717, 1.165) is 12.8 Å². The van der Waals surface area contributed by atoms with E-state index in [9.17, 15) is 19.5 Å². The van der Waals surface area contributed by atoms with Crippen LogP contribution in [0.25, 0.3) is 0 Å². The Balaban J connectivity index is 1.98. The van der Waals surface area contributed by atoms with Gasteiger partial charge in [0.05, 0.1) is 0 Å². The van der Waals surface area contributed by atoms with Crippen molar-refractivity contribution in [1.82, 2.24) is 4.90 Å². The molecule has 0 bridgehead atoms. The number of aliphatic carboxylic acids is 1. The molecule has 0 unspecified atom stereocenters. The SMILES string of the molecule is C[C@H]1CCCN(C(=O)COc2ccc(C(N)=O)cc2)[C@H]1C(=O)O. The van der Waals surface area contributed by atoms with Gasteiger partial charge in [0.2, 0.25) is 5.91 Å². The van der Waals surface area contributed by atoms with Crippen molar-refractivity contribution in [1.29, 1.82) is 0 Å². The zero-order chi connectivity index (χ0) is 17.0. The fourth-order valence-corrected chi connectivity index (χ4v) is 2.79. The standard InChI is InChI=1S/C16H20N2O5/c1-10-3-2-8-18(14(10)16(21)22)13(19)9-23-12-6-4-11(5-7-12)15(17)20/h4-7,10,14H,2-3,8-9H2,1H3,(H2,17,20)(H,21,22)/t10-,14+/m0/s1. The minimum absolute atomic E-state index is 0.0833. The van der Waals surface area contributed by atoms with Crippen LogP contribution in [0.5, 0.6) is 5.75 Å². The molecular formula is C16H20N2O5. The molecule has 0 saturated carbocycles. The molecule has 0 radical (unpaired) electrons. The number of carbonyl (C=O) groups is 3. The summed E-state index contributed by atoms with van der Waals surface area (Å²) in [4.78, 5) is 36.0. The van der Waals surface area contributed by atoms with Gasteiger partial charge in [-0.25, -0.2) is 4.79 Å². The number of rotatable bonds is 5. The molecule has 2 amide bonds. The quantitative estimate of drug-likeness (QED) is 0.836. The van der Waals surface area contributed by atoms with E-state index in [1.165, 1.54) is 17.0 Å². The van der Waals surface area contributed by atoms with E-state index in [2.05, 4.69) is 0 Å². The molecule has 2 atom stereocenters. The van der Waals surface area contributed by atoms with Crippen LogP contribution in [0.3, 0.4) is 0 Å². The van der Waals surface area contributed by atoms with Gasteiger partial charge in [-0.2, -0.15) is 0 Å². The van der Waals surface area contributed by atoms with Crippen LogP contribution in [0.1, 0.15) is 30.1 Å². The number of carbonyl (C=O) groups excluding carboxylic acids is 2. The van der Waals surface area contributed by atoms with Crippen LogP contribution < -0.4 is 10.5 Å². The van der Waals surface area contributed by atoms with Gasteiger partial charge in [0, 0.05) is 12.1 Å². The highest BCUT2D eigenvalue weighted by atomic mass is 16.5. The van der Waals surface area contributed by atoms with Crippen molar-refractivity contribution >= 4 is 17.8 Å². The van der Waals surface area contributed by atoms with Gasteiger partial charge in [0.25, 0.3) is 5.91 Å². The Bertz CT molecular complexity index is 599. The van der Waals surface area contributed by atoms with Crippen LogP contribution in [0.15, 0.2) is 24.3 Å². The predicted molar refractivity (Wildman–Crippen MR) is 82.0 cm³/mol. The number of amides is 2. The van der Waals surface area contributed by atoms with Gasteiger partial charge in [-0.3, -0.25) is 9.59 Å². The molecule has 1 aromatic rings. The maximum absolute atomic E-state index is 12.3. The molecule has 1 saturated heterocycles. The molecule has 124 valence electrons. The molecule has 1 aliphatic heterocycles. The lowest BCUT2D eigenvalue weighted by Crippen LogP contribution is -2.53. The van der Waals surface area contributed by atoms with Gasteiger partial charge < -0.3 is 20.5 Å². The van der Waals surface area contributed by atoms with Crippen molar-refractivity contribution in [2.75, 3.05) is 13.2 Å². The molecule has 1 fully saturated rings. The van der Waals surface area contributed by atoms with Crippen LogP contribution in [-0.4, -0.2) is 47.0 Å². The maximum Gasteiger partial charge on any atom is 0.326 e. The van der Waals surface area contributed by atoms with Crippen molar-refractivity contribution < 1.29 is 24.2 Å². The topological polar surface area (TPSA) is 110 Å². The monoisotopic (exact) mass is 320 g/mol. The van der Waals surface area contributed by atoms with E-state index in [1.54, 1.807) is 12.1 Å². The summed E-state index contributed by atoms with van der Waals surface area (Å²) in [6.45, 7) is 2.01.